The van der Waals surface area contributed by atoms with E-state index in [9.17, 15) is 22.4 Å². The number of hydrogen-bond donors (Lipinski definition) is 2. The Morgan fingerprint density at radius 2 is 1.76 bits per heavy atom. The van der Waals surface area contributed by atoms with Gasteiger partial charge in [0.25, 0.3) is 5.91 Å². The van der Waals surface area contributed by atoms with Crippen LogP contribution >= 0.6 is 11.6 Å². The van der Waals surface area contributed by atoms with Gasteiger partial charge in [-0.2, -0.15) is 4.31 Å². The van der Waals surface area contributed by atoms with Crippen molar-refractivity contribution in [2.45, 2.75) is 18.4 Å². The molecule has 4 heterocycles. The number of anilines is 1. The van der Waals surface area contributed by atoms with Gasteiger partial charge in [-0.25, -0.2) is 32.6 Å². The van der Waals surface area contributed by atoms with E-state index < -0.39 is 39.1 Å². The molecule has 0 spiro atoms. The third kappa shape index (κ3) is 5.20. The summed E-state index contributed by atoms with van der Waals surface area (Å²) >= 11 is 5.87. The number of hydrogen-bond acceptors (Lipinski definition) is 8. The SMILES string of the molecule is O=C1NC(=O)C(CCc2ncc(F)cn2)(CS(=O)(=O)N2CCN(c3ccc(Cl)cn3)CC2)N1. The van der Waals surface area contributed by atoms with Crippen molar-refractivity contribution in [3.05, 3.63) is 47.4 Å². The predicted molar refractivity (Wildman–Crippen MR) is 117 cm³/mol. The average Bonchev–Trinajstić information content (AvgIpc) is 3.06. The highest BCUT2D eigenvalue weighted by molar-refractivity contribution is 7.89. The zero-order chi connectivity index (χ0) is 23.6. The topological polar surface area (TPSA) is 137 Å². The van der Waals surface area contributed by atoms with Crippen molar-refractivity contribution in [3.63, 3.8) is 0 Å². The molecule has 2 saturated heterocycles. The number of amides is 3. The maximum absolute atomic E-state index is 13.2. The first kappa shape index (κ1) is 23.3. The molecule has 0 bridgehead atoms. The van der Waals surface area contributed by atoms with Crippen LogP contribution in [0.25, 0.3) is 0 Å². The molecule has 2 N–H and O–H groups in total. The van der Waals surface area contributed by atoms with Gasteiger partial charge in [0.1, 0.15) is 17.2 Å². The zero-order valence-electron chi connectivity index (χ0n) is 17.4. The lowest BCUT2D eigenvalue weighted by molar-refractivity contribution is -0.123. The van der Waals surface area contributed by atoms with E-state index in [1.165, 1.54) is 10.5 Å². The van der Waals surface area contributed by atoms with E-state index in [0.717, 1.165) is 12.4 Å². The molecule has 2 aromatic heterocycles. The average molecular weight is 498 g/mol. The van der Waals surface area contributed by atoms with Crippen molar-refractivity contribution in [2.24, 2.45) is 0 Å². The van der Waals surface area contributed by atoms with Gasteiger partial charge >= 0.3 is 6.03 Å². The van der Waals surface area contributed by atoms with Crippen molar-refractivity contribution >= 4 is 39.4 Å². The molecular formula is C19H21ClFN7O4S. The second kappa shape index (κ2) is 9.15. The Morgan fingerprint density at radius 1 is 1.06 bits per heavy atom. The minimum atomic E-state index is -3.92. The number of carbonyl (C=O) groups is 2. The number of sulfonamides is 1. The molecule has 4 rings (SSSR count). The standard InChI is InChI=1S/C19H21ClFN7O4S/c20-13-1-2-16(24-9-13)27-5-7-28(8-6-27)33(31,32)12-19(17(29)25-18(30)26-19)4-3-15-22-10-14(21)11-23-15/h1-2,9-11H,3-8,12H2,(H2,25,26,29,30). The highest BCUT2D eigenvalue weighted by Gasteiger charge is 2.50. The van der Waals surface area contributed by atoms with Gasteiger partial charge in [-0.1, -0.05) is 11.6 Å². The summed E-state index contributed by atoms with van der Waals surface area (Å²) in [7, 11) is -3.92. The molecule has 1 unspecified atom stereocenters. The van der Waals surface area contributed by atoms with Crippen LogP contribution < -0.4 is 15.5 Å². The fourth-order valence-electron chi connectivity index (χ4n) is 3.82. The zero-order valence-corrected chi connectivity index (χ0v) is 18.9. The van der Waals surface area contributed by atoms with E-state index in [1.807, 2.05) is 4.90 Å². The van der Waals surface area contributed by atoms with E-state index in [1.54, 1.807) is 12.1 Å². The van der Waals surface area contributed by atoms with Crippen molar-refractivity contribution < 1.29 is 22.4 Å². The molecule has 3 amide bonds. The van der Waals surface area contributed by atoms with Crippen LogP contribution in [0.5, 0.6) is 0 Å². The van der Waals surface area contributed by atoms with Crippen LogP contribution in [0.2, 0.25) is 5.02 Å². The van der Waals surface area contributed by atoms with E-state index in [-0.39, 0.29) is 31.8 Å². The quantitative estimate of drug-likeness (QED) is 0.522. The molecule has 2 aromatic rings. The molecule has 1 atom stereocenters. The highest BCUT2D eigenvalue weighted by atomic mass is 35.5. The number of aromatic nitrogens is 3. The number of imide groups is 1. The first-order valence-corrected chi connectivity index (χ1v) is 12.1. The maximum Gasteiger partial charge on any atom is 0.322 e. The molecule has 0 radical (unpaired) electrons. The molecule has 33 heavy (non-hydrogen) atoms. The maximum atomic E-state index is 13.2. The number of piperazine rings is 1. The molecule has 0 saturated carbocycles. The monoisotopic (exact) mass is 497 g/mol. The molecule has 2 aliphatic rings. The number of rotatable bonds is 7. The molecule has 14 heteroatoms. The first-order valence-electron chi connectivity index (χ1n) is 10.1. The molecule has 2 fully saturated rings. The fraction of sp³-hybridized carbons (Fsp3) is 0.421. The summed E-state index contributed by atoms with van der Waals surface area (Å²) in [6, 6.07) is 2.70. The molecule has 11 nitrogen and oxygen atoms in total. The lowest BCUT2D eigenvalue weighted by Gasteiger charge is -2.36. The molecule has 0 aromatic carbocycles. The number of halogens is 2. The van der Waals surface area contributed by atoms with E-state index in [2.05, 4.69) is 25.6 Å². The van der Waals surface area contributed by atoms with Gasteiger partial charge in [0.15, 0.2) is 5.82 Å². The molecule has 176 valence electrons. The second-order valence-corrected chi connectivity index (χ2v) is 10.2. The minimum absolute atomic E-state index is 0.0654. The van der Waals surface area contributed by atoms with Crippen LogP contribution in [0.15, 0.2) is 30.7 Å². The number of urea groups is 1. The normalized spacial score (nSPS) is 21.7. The van der Waals surface area contributed by atoms with Gasteiger partial charge in [0.2, 0.25) is 10.0 Å². The highest BCUT2D eigenvalue weighted by Crippen LogP contribution is 2.24. The summed E-state index contributed by atoms with van der Waals surface area (Å²) in [5, 5.41) is 5.09. The van der Waals surface area contributed by atoms with Gasteiger partial charge in [0, 0.05) is 38.8 Å². The number of nitrogens with one attached hydrogen (secondary N) is 2. The van der Waals surface area contributed by atoms with Crippen LogP contribution in [0.1, 0.15) is 12.2 Å². The largest absolute Gasteiger partial charge is 0.354 e. The van der Waals surface area contributed by atoms with Crippen LogP contribution in [0.3, 0.4) is 0 Å². The number of nitrogens with zero attached hydrogens (tertiary/aromatic N) is 5. The van der Waals surface area contributed by atoms with Crippen LogP contribution in [-0.2, 0) is 21.2 Å². The van der Waals surface area contributed by atoms with E-state index in [0.29, 0.717) is 23.9 Å². The van der Waals surface area contributed by atoms with E-state index in [4.69, 9.17) is 11.6 Å². The summed E-state index contributed by atoms with van der Waals surface area (Å²) in [4.78, 5) is 38.3. The lowest BCUT2D eigenvalue weighted by atomic mass is 9.95. The summed E-state index contributed by atoms with van der Waals surface area (Å²) in [5.41, 5.74) is -1.68. The minimum Gasteiger partial charge on any atom is -0.354 e. The predicted octanol–water partition coefficient (Wildman–Crippen LogP) is 0.327. The Morgan fingerprint density at radius 3 is 2.33 bits per heavy atom. The Kier molecular flexibility index (Phi) is 6.45. The molecule has 2 aliphatic heterocycles. The molecule has 0 aliphatic carbocycles. The van der Waals surface area contributed by atoms with Crippen molar-refractivity contribution in [2.75, 3.05) is 36.8 Å². The van der Waals surface area contributed by atoms with Crippen molar-refractivity contribution in [1.29, 1.82) is 0 Å². The van der Waals surface area contributed by atoms with Crippen LogP contribution in [-0.4, -0.2) is 77.1 Å². The number of pyridine rings is 1. The summed E-state index contributed by atoms with van der Waals surface area (Å²) in [6.45, 7) is 1.20. The smallest absolute Gasteiger partial charge is 0.322 e. The van der Waals surface area contributed by atoms with E-state index >= 15 is 0 Å². The third-order valence-electron chi connectivity index (χ3n) is 5.56. The van der Waals surface area contributed by atoms with Gasteiger partial charge < -0.3 is 10.2 Å². The number of aryl methyl sites for hydroxylation is 1. The lowest BCUT2D eigenvalue weighted by Crippen LogP contribution is -2.57. The summed E-state index contributed by atoms with van der Waals surface area (Å²) in [5.74, 6) is -1.04. The van der Waals surface area contributed by atoms with Crippen LogP contribution in [0, 0.1) is 5.82 Å². The Balaban J connectivity index is 1.45. The van der Waals surface area contributed by atoms with Gasteiger partial charge in [-0.3, -0.25) is 10.1 Å². The Hall–Kier alpha value is -2.90. The first-order chi connectivity index (χ1) is 15.7. The number of carbonyl (C=O) groups excluding carboxylic acids is 2. The summed E-state index contributed by atoms with van der Waals surface area (Å²) in [6.07, 6.45) is 3.49. The van der Waals surface area contributed by atoms with Gasteiger partial charge in [0.05, 0.1) is 23.2 Å². The Labute approximate surface area is 194 Å². The Bertz CT molecular complexity index is 1140. The van der Waals surface area contributed by atoms with Gasteiger partial charge in [-0.15, -0.1) is 0 Å². The van der Waals surface area contributed by atoms with Crippen molar-refractivity contribution in [3.8, 4) is 0 Å². The van der Waals surface area contributed by atoms with Crippen molar-refractivity contribution in [1.82, 2.24) is 29.9 Å². The van der Waals surface area contributed by atoms with Gasteiger partial charge in [-0.05, 0) is 18.6 Å². The second-order valence-electron chi connectivity index (χ2n) is 7.78. The summed E-state index contributed by atoms with van der Waals surface area (Å²) < 4.78 is 40.8. The van der Waals surface area contributed by atoms with Crippen LogP contribution in [0.4, 0.5) is 15.0 Å². The molecular weight excluding hydrogens is 477 g/mol. The third-order valence-corrected chi connectivity index (χ3v) is 7.79. The fourth-order valence-corrected chi connectivity index (χ4v) is 5.81.